The molecule has 2 heterocycles. The van der Waals surface area contributed by atoms with Crippen molar-refractivity contribution in [3.8, 4) is 0 Å². The van der Waals surface area contributed by atoms with Crippen LogP contribution in [0.15, 0.2) is 65.5 Å². The van der Waals surface area contributed by atoms with Crippen LogP contribution in [0, 0.1) is 0 Å². The Morgan fingerprint density at radius 1 is 1.04 bits per heavy atom. The number of hydrogen-bond acceptors (Lipinski definition) is 2. The number of nitrogens with zero attached hydrogens (tertiary/aromatic N) is 1. The van der Waals surface area contributed by atoms with Gasteiger partial charge in [0.2, 0.25) is 0 Å². The monoisotopic (exact) mass is 318 g/mol. The highest BCUT2D eigenvalue weighted by molar-refractivity contribution is 5.97. The van der Waals surface area contributed by atoms with E-state index in [2.05, 4.69) is 4.98 Å². The van der Waals surface area contributed by atoms with Crippen LogP contribution in [0.25, 0.3) is 10.9 Å². The summed E-state index contributed by atoms with van der Waals surface area (Å²) in [5.74, 6) is -0.187. The molecule has 0 spiro atoms. The molecule has 2 aromatic carbocycles. The summed E-state index contributed by atoms with van der Waals surface area (Å²) < 4.78 is 0. The van der Waals surface area contributed by atoms with Gasteiger partial charge < -0.3 is 9.88 Å². The average Bonchev–Trinajstić information content (AvgIpc) is 3.11. The van der Waals surface area contributed by atoms with Crippen LogP contribution < -0.4 is 5.56 Å². The molecule has 1 aliphatic heterocycles. The lowest BCUT2D eigenvalue weighted by molar-refractivity contribution is 0.0734. The SMILES string of the molecule is O=C(c1cc2ccccc2[nH]c1=O)N1CCCC1c1ccccc1. The Labute approximate surface area is 139 Å². The van der Waals surface area contributed by atoms with E-state index in [0.717, 1.165) is 29.3 Å². The molecule has 1 saturated heterocycles. The standard InChI is InChI=1S/C20H18N2O2/c23-19-16(13-15-9-4-5-10-17(15)21-19)20(24)22-12-6-11-18(22)14-7-2-1-3-8-14/h1-5,7-10,13,18H,6,11-12H2,(H,21,23). The first-order chi connectivity index (χ1) is 11.7. The number of aromatic nitrogens is 1. The number of aromatic amines is 1. The molecule has 3 aromatic rings. The number of carbonyl (C=O) groups is 1. The van der Waals surface area contributed by atoms with Gasteiger partial charge in [-0.1, -0.05) is 48.5 Å². The number of para-hydroxylation sites is 1. The Balaban J connectivity index is 1.73. The van der Waals surface area contributed by atoms with E-state index in [1.807, 2.05) is 59.5 Å². The maximum atomic E-state index is 13.0. The van der Waals surface area contributed by atoms with E-state index in [1.165, 1.54) is 0 Å². The van der Waals surface area contributed by atoms with E-state index in [0.29, 0.717) is 6.54 Å². The van der Waals surface area contributed by atoms with Gasteiger partial charge in [0.15, 0.2) is 0 Å². The Hall–Kier alpha value is -2.88. The van der Waals surface area contributed by atoms with Crippen molar-refractivity contribution in [3.63, 3.8) is 0 Å². The normalized spacial score (nSPS) is 17.3. The van der Waals surface area contributed by atoms with Crippen LogP contribution in [0.4, 0.5) is 0 Å². The molecule has 120 valence electrons. The predicted molar refractivity (Wildman–Crippen MR) is 94.0 cm³/mol. The zero-order valence-corrected chi connectivity index (χ0v) is 13.2. The first-order valence-corrected chi connectivity index (χ1v) is 8.22. The molecule has 1 unspecified atom stereocenters. The van der Waals surface area contributed by atoms with Crippen molar-refractivity contribution in [2.24, 2.45) is 0 Å². The first-order valence-electron chi connectivity index (χ1n) is 8.22. The Morgan fingerprint density at radius 3 is 2.62 bits per heavy atom. The minimum atomic E-state index is -0.322. The number of H-pyrrole nitrogens is 1. The van der Waals surface area contributed by atoms with Crippen LogP contribution in [-0.4, -0.2) is 22.3 Å². The molecule has 4 nitrogen and oxygen atoms in total. The van der Waals surface area contributed by atoms with E-state index < -0.39 is 0 Å². The van der Waals surface area contributed by atoms with Gasteiger partial charge in [0.1, 0.15) is 5.56 Å². The van der Waals surface area contributed by atoms with Crippen molar-refractivity contribution in [1.82, 2.24) is 9.88 Å². The van der Waals surface area contributed by atoms with Crippen LogP contribution in [0.5, 0.6) is 0 Å². The molecular weight excluding hydrogens is 300 g/mol. The molecule has 0 radical (unpaired) electrons. The van der Waals surface area contributed by atoms with Gasteiger partial charge in [-0.3, -0.25) is 9.59 Å². The molecule has 0 aliphatic carbocycles. The molecule has 0 saturated carbocycles. The summed E-state index contributed by atoms with van der Waals surface area (Å²) in [5, 5.41) is 0.871. The summed E-state index contributed by atoms with van der Waals surface area (Å²) in [5.41, 5.74) is 1.77. The number of benzene rings is 2. The van der Waals surface area contributed by atoms with Gasteiger partial charge >= 0.3 is 0 Å². The average molecular weight is 318 g/mol. The smallest absolute Gasteiger partial charge is 0.261 e. The fourth-order valence-corrected chi connectivity index (χ4v) is 3.49. The number of hydrogen-bond donors (Lipinski definition) is 1. The fourth-order valence-electron chi connectivity index (χ4n) is 3.49. The van der Waals surface area contributed by atoms with E-state index in [-0.39, 0.29) is 23.1 Å². The summed E-state index contributed by atoms with van der Waals surface area (Å²) in [4.78, 5) is 30.0. The van der Waals surface area contributed by atoms with Crippen molar-refractivity contribution < 1.29 is 4.79 Å². The lowest BCUT2D eigenvalue weighted by Crippen LogP contribution is -2.34. The van der Waals surface area contributed by atoms with Gasteiger partial charge in [0.25, 0.3) is 11.5 Å². The highest BCUT2D eigenvalue weighted by atomic mass is 16.2. The van der Waals surface area contributed by atoms with E-state index in [4.69, 9.17) is 0 Å². The van der Waals surface area contributed by atoms with Crippen LogP contribution >= 0.6 is 0 Å². The Bertz CT molecular complexity index is 947. The van der Waals surface area contributed by atoms with Gasteiger partial charge in [0, 0.05) is 12.1 Å². The Morgan fingerprint density at radius 2 is 1.79 bits per heavy atom. The van der Waals surface area contributed by atoms with Crippen LogP contribution in [-0.2, 0) is 0 Å². The first kappa shape index (κ1) is 14.7. The maximum Gasteiger partial charge on any atom is 0.261 e. The molecule has 1 fully saturated rings. The second-order valence-corrected chi connectivity index (χ2v) is 6.17. The van der Waals surface area contributed by atoms with Gasteiger partial charge in [0.05, 0.1) is 6.04 Å². The highest BCUT2D eigenvalue weighted by Gasteiger charge is 2.31. The third-order valence-electron chi connectivity index (χ3n) is 4.68. The van der Waals surface area contributed by atoms with E-state index in [1.54, 1.807) is 6.07 Å². The maximum absolute atomic E-state index is 13.0. The van der Waals surface area contributed by atoms with Crippen molar-refractivity contribution >= 4 is 16.8 Å². The molecule has 4 rings (SSSR count). The highest BCUT2D eigenvalue weighted by Crippen LogP contribution is 2.32. The minimum absolute atomic E-state index is 0.0459. The van der Waals surface area contributed by atoms with Crippen molar-refractivity contribution in [2.75, 3.05) is 6.54 Å². The second-order valence-electron chi connectivity index (χ2n) is 6.17. The zero-order valence-electron chi connectivity index (χ0n) is 13.2. The Kier molecular flexibility index (Phi) is 3.65. The zero-order chi connectivity index (χ0) is 16.5. The largest absolute Gasteiger partial charge is 0.331 e. The molecule has 1 aliphatic rings. The summed E-state index contributed by atoms with van der Waals surface area (Å²) in [6.45, 7) is 0.685. The number of pyridine rings is 1. The number of nitrogens with one attached hydrogen (secondary N) is 1. The second kappa shape index (κ2) is 5.96. The molecule has 1 N–H and O–H groups in total. The summed E-state index contributed by atoms with van der Waals surface area (Å²) in [6.07, 6.45) is 1.89. The molecule has 1 amide bonds. The lowest BCUT2D eigenvalue weighted by atomic mass is 10.0. The fraction of sp³-hybridized carbons (Fsp3) is 0.200. The minimum Gasteiger partial charge on any atom is -0.331 e. The third-order valence-corrected chi connectivity index (χ3v) is 4.68. The molecule has 0 bridgehead atoms. The van der Waals surface area contributed by atoms with Crippen LogP contribution in [0.2, 0.25) is 0 Å². The molecule has 4 heteroatoms. The van der Waals surface area contributed by atoms with Gasteiger partial charge in [-0.05, 0) is 35.9 Å². The van der Waals surface area contributed by atoms with E-state index in [9.17, 15) is 9.59 Å². The van der Waals surface area contributed by atoms with Crippen LogP contribution in [0.1, 0.15) is 34.8 Å². The third kappa shape index (κ3) is 2.50. The number of fused-ring (bicyclic) bond motifs is 1. The quantitative estimate of drug-likeness (QED) is 0.786. The number of rotatable bonds is 2. The summed E-state index contributed by atoms with van der Waals surface area (Å²) >= 11 is 0. The van der Waals surface area contributed by atoms with Crippen molar-refractivity contribution in [3.05, 3.63) is 82.1 Å². The predicted octanol–water partition coefficient (Wildman–Crippen LogP) is 3.51. The topological polar surface area (TPSA) is 53.2 Å². The summed E-state index contributed by atoms with van der Waals surface area (Å²) in [7, 11) is 0. The number of likely N-dealkylation sites (tertiary alicyclic amines) is 1. The van der Waals surface area contributed by atoms with E-state index >= 15 is 0 Å². The molecule has 24 heavy (non-hydrogen) atoms. The lowest BCUT2D eigenvalue weighted by Gasteiger charge is -2.25. The van der Waals surface area contributed by atoms with Gasteiger partial charge in [-0.25, -0.2) is 0 Å². The van der Waals surface area contributed by atoms with Crippen molar-refractivity contribution in [1.29, 1.82) is 0 Å². The number of carbonyl (C=O) groups excluding carboxylic acids is 1. The van der Waals surface area contributed by atoms with Crippen molar-refractivity contribution in [2.45, 2.75) is 18.9 Å². The molecular formula is C20H18N2O2. The van der Waals surface area contributed by atoms with Gasteiger partial charge in [-0.2, -0.15) is 0 Å². The molecule has 1 aromatic heterocycles. The van der Waals surface area contributed by atoms with Gasteiger partial charge in [-0.15, -0.1) is 0 Å². The van der Waals surface area contributed by atoms with Crippen LogP contribution in [0.3, 0.4) is 0 Å². The molecule has 1 atom stereocenters. The number of amides is 1. The summed E-state index contributed by atoms with van der Waals surface area (Å²) in [6, 6.07) is 19.3.